The van der Waals surface area contributed by atoms with Crippen LogP contribution in [0.1, 0.15) is 67.9 Å². The number of carboxylic acid groups (broad SMARTS) is 1. The molecular formula is C28H33N3O5. The molecule has 1 aliphatic heterocycles. The number of aliphatic carboxylic acids is 1. The molecule has 2 aliphatic rings. The van der Waals surface area contributed by atoms with Crippen molar-refractivity contribution >= 4 is 28.8 Å². The molecule has 2 aromatic carbocycles. The van der Waals surface area contributed by atoms with Gasteiger partial charge in [0.2, 0.25) is 0 Å². The number of amides is 1. The molecule has 1 aliphatic carbocycles. The van der Waals surface area contributed by atoms with Gasteiger partial charge in [-0.05, 0) is 63.1 Å². The standard InChI is InChI=1S/C28H33N3O5/c1-17-8-13-21-23(30(17)28(35)36-2)14-15-24-26(21)29-25(31(24)19-9-11-20(32)12-10-19)16-22(27(33)34)18-6-4-3-5-7-18/h3-7,14-15,17,19-20,22,32H,8-13,16H2,1-2H3,(H,33,34). The Morgan fingerprint density at radius 2 is 1.81 bits per heavy atom. The normalized spacial score (nSPS) is 22.8. The van der Waals surface area contributed by atoms with Crippen molar-refractivity contribution in [2.75, 3.05) is 12.0 Å². The minimum Gasteiger partial charge on any atom is -0.481 e. The van der Waals surface area contributed by atoms with E-state index in [1.54, 1.807) is 4.90 Å². The molecule has 2 heterocycles. The summed E-state index contributed by atoms with van der Waals surface area (Å²) in [5.41, 5.74) is 4.34. The number of hydrogen-bond donors (Lipinski definition) is 2. The highest BCUT2D eigenvalue weighted by Gasteiger charge is 2.34. The average molecular weight is 492 g/mol. The van der Waals surface area contributed by atoms with Crippen LogP contribution in [-0.2, 0) is 22.4 Å². The number of benzene rings is 2. The number of aliphatic hydroxyl groups excluding tert-OH is 1. The number of anilines is 1. The fraction of sp³-hybridized carbons (Fsp3) is 0.464. The zero-order valence-corrected chi connectivity index (χ0v) is 20.8. The fourth-order valence-corrected chi connectivity index (χ4v) is 5.91. The van der Waals surface area contributed by atoms with Crippen molar-refractivity contribution in [3.05, 3.63) is 59.4 Å². The number of methoxy groups -OCH3 is 1. The molecule has 1 saturated carbocycles. The van der Waals surface area contributed by atoms with Crippen LogP contribution in [0.2, 0.25) is 0 Å². The Morgan fingerprint density at radius 3 is 2.47 bits per heavy atom. The highest BCUT2D eigenvalue weighted by Crippen LogP contribution is 2.40. The van der Waals surface area contributed by atoms with E-state index in [0.717, 1.165) is 59.4 Å². The third kappa shape index (κ3) is 4.34. The first-order valence-corrected chi connectivity index (χ1v) is 12.7. The van der Waals surface area contributed by atoms with Crippen LogP contribution < -0.4 is 4.90 Å². The predicted octanol–water partition coefficient (Wildman–Crippen LogP) is 4.83. The fourth-order valence-electron chi connectivity index (χ4n) is 5.91. The van der Waals surface area contributed by atoms with Crippen molar-refractivity contribution in [3.63, 3.8) is 0 Å². The lowest BCUT2D eigenvalue weighted by atomic mass is 9.91. The largest absolute Gasteiger partial charge is 0.481 e. The molecule has 36 heavy (non-hydrogen) atoms. The first-order chi connectivity index (χ1) is 17.4. The second-order valence-corrected chi connectivity index (χ2v) is 10.0. The Bertz CT molecular complexity index is 1260. The third-order valence-corrected chi connectivity index (χ3v) is 7.82. The summed E-state index contributed by atoms with van der Waals surface area (Å²) in [6, 6.07) is 13.4. The summed E-state index contributed by atoms with van der Waals surface area (Å²) in [6.45, 7) is 2.01. The van der Waals surface area contributed by atoms with Gasteiger partial charge < -0.3 is 19.5 Å². The number of carbonyl (C=O) groups is 2. The van der Waals surface area contributed by atoms with Crippen molar-refractivity contribution in [3.8, 4) is 0 Å². The van der Waals surface area contributed by atoms with E-state index in [4.69, 9.17) is 9.72 Å². The zero-order chi connectivity index (χ0) is 25.4. The van der Waals surface area contributed by atoms with Gasteiger partial charge in [-0.2, -0.15) is 0 Å². The quantitative estimate of drug-likeness (QED) is 0.530. The van der Waals surface area contributed by atoms with Gasteiger partial charge in [0.1, 0.15) is 5.82 Å². The lowest BCUT2D eigenvalue weighted by Gasteiger charge is -2.34. The number of carboxylic acids is 1. The Balaban J connectivity index is 1.65. The minimum absolute atomic E-state index is 0.0123. The van der Waals surface area contributed by atoms with Crippen LogP contribution in [0.4, 0.5) is 10.5 Å². The Kier molecular flexibility index (Phi) is 6.71. The van der Waals surface area contributed by atoms with E-state index >= 15 is 0 Å². The Morgan fingerprint density at radius 1 is 1.08 bits per heavy atom. The number of fused-ring (bicyclic) bond motifs is 3. The highest BCUT2D eigenvalue weighted by atomic mass is 16.5. The van der Waals surface area contributed by atoms with Crippen molar-refractivity contribution in [2.24, 2.45) is 0 Å². The average Bonchev–Trinajstić information content (AvgIpc) is 3.26. The number of imidazole rings is 1. The maximum absolute atomic E-state index is 12.6. The molecule has 2 unspecified atom stereocenters. The van der Waals surface area contributed by atoms with Crippen molar-refractivity contribution in [1.29, 1.82) is 0 Å². The van der Waals surface area contributed by atoms with Gasteiger partial charge >= 0.3 is 12.1 Å². The van der Waals surface area contributed by atoms with Crippen LogP contribution in [0.25, 0.3) is 11.0 Å². The van der Waals surface area contributed by atoms with E-state index in [-0.39, 0.29) is 24.6 Å². The van der Waals surface area contributed by atoms with Gasteiger partial charge in [0.25, 0.3) is 0 Å². The molecule has 2 N–H and O–H groups in total. The van der Waals surface area contributed by atoms with Gasteiger partial charge in [0, 0.05) is 24.1 Å². The van der Waals surface area contributed by atoms with Crippen molar-refractivity contribution < 1.29 is 24.5 Å². The van der Waals surface area contributed by atoms with E-state index in [0.29, 0.717) is 12.8 Å². The number of aliphatic hydroxyl groups is 1. The van der Waals surface area contributed by atoms with Crippen LogP contribution in [-0.4, -0.2) is 51.1 Å². The van der Waals surface area contributed by atoms with Crippen molar-refractivity contribution in [1.82, 2.24) is 9.55 Å². The van der Waals surface area contributed by atoms with Crippen LogP contribution in [0, 0.1) is 0 Å². The van der Waals surface area contributed by atoms with Crippen LogP contribution in [0.3, 0.4) is 0 Å². The van der Waals surface area contributed by atoms with E-state index in [2.05, 4.69) is 4.57 Å². The summed E-state index contributed by atoms with van der Waals surface area (Å²) < 4.78 is 7.27. The predicted molar refractivity (Wildman–Crippen MR) is 136 cm³/mol. The number of aromatic nitrogens is 2. The number of ether oxygens (including phenoxy) is 1. The maximum atomic E-state index is 12.6. The number of hydrogen-bond acceptors (Lipinski definition) is 5. The van der Waals surface area contributed by atoms with Gasteiger partial charge in [-0.15, -0.1) is 0 Å². The molecule has 1 amide bonds. The molecule has 8 heteroatoms. The second-order valence-electron chi connectivity index (χ2n) is 10.0. The topological polar surface area (TPSA) is 105 Å². The van der Waals surface area contributed by atoms with E-state index in [1.807, 2.05) is 49.4 Å². The van der Waals surface area contributed by atoms with Crippen LogP contribution in [0.15, 0.2) is 42.5 Å². The summed E-state index contributed by atoms with van der Waals surface area (Å²) >= 11 is 0. The maximum Gasteiger partial charge on any atom is 0.414 e. The molecule has 190 valence electrons. The smallest absolute Gasteiger partial charge is 0.414 e. The van der Waals surface area contributed by atoms with E-state index in [9.17, 15) is 19.8 Å². The molecule has 0 bridgehead atoms. The summed E-state index contributed by atoms with van der Waals surface area (Å²) in [4.78, 5) is 31.7. The molecule has 3 aromatic rings. The summed E-state index contributed by atoms with van der Waals surface area (Å²) in [7, 11) is 1.39. The number of rotatable bonds is 5. The summed E-state index contributed by atoms with van der Waals surface area (Å²) in [6.07, 6.45) is 4.20. The molecule has 0 saturated heterocycles. The molecule has 8 nitrogen and oxygen atoms in total. The number of nitrogens with zero attached hydrogens (tertiary/aromatic N) is 3. The Labute approximate surface area is 210 Å². The molecule has 5 rings (SSSR count). The zero-order valence-electron chi connectivity index (χ0n) is 20.8. The second kappa shape index (κ2) is 9.93. The van der Waals surface area contributed by atoms with Gasteiger partial charge in [0.15, 0.2) is 0 Å². The molecule has 1 fully saturated rings. The van der Waals surface area contributed by atoms with Gasteiger partial charge in [-0.3, -0.25) is 9.69 Å². The molecule has 0 spiro atoms. The van der Waals surface area contributed by atoms with E-state index in [1.165, 1.54) is 7.11 Å². The minimum atomic E-state index is -0.883. The highest BCUT2D eigenvalue weighted by molar-refractivity contribution is 5.95. The lowest BCUT2D eigenvalue weighted by Crippen LogP contribution is -2.42. The van der Waals surface area contributed by atoms with Crippen LogP contribution >= 0.6 is 0 Å². The van der Waals surface area contributed by atoms with Crippen molar-refractivity contribution in [2.45, 2.75) is 76.0 Å². The molecule has 1 aromatic heterocycles. The first-order valence-electron chi connectivity index (χ1n) is 12.7. The third-order valence-electron chi connectivity index (χ3n) is 7.82. The van der Waals surface area contributed by atoms with Gasteiger partial charge in [-0.25, -0.2) is 9.78 Å². The Hall–Kier alpha value is -3.39. The van der Waals surface area contributed by atoms with Crippen LogP contribution in [0.5, 0.6) is 0 Å². The lowest BCUT2D eigenvalue weighted by molar-refractivity contribution is -0.138. The number of aryl methyl sites for hydroxylation is 1. The molecule has 0 radical (unpaired) electrons. The first kappa shape index (κ1) is 24.3. The molecule has 2 atom stereocenters. The summed E-state index contributed by atoms with van der Waals surface area (Å²) in [5.74, 6) is -0.871. The summed E-state index contributed by atoms with van der Waals surface area (Å²) in [5, 5.41) is 20.2. The number of carbonyl (C=O) groups excluding carboxylic acids is 1. The molecular weight excluding hydrogens is 458 g/mol. The van der Waals surface area contributed by atoms with Gasteiger partial charge in [-0.1, -0.05) is 30.3 Å². The van der Waals surface area contributed by atoms with E-state index < -0.39 is 18.0 Å². The van der Waals surface area contributed by atoms with Gasteiger partial charge in [0.05, 0.1) is 35.9 Å². The SMILES string of the molecule is COC(=O)N1c2ccc3c(nc(CC(C(=O)O)c4ccccc4)n3C3CCC(O)CC3)c2CCC1C. The monoisotopic (exact) mass is 491 g/mol.